The van der Waals surface area contributed by atoms with Gasteiger partial charge in [-0.05, 0) is 31.9 Å². The number of nitrogens with one attached hydrogen (secondary N) is 2. The quantitative estimate of drug-likeness (QED) is 0.694. The summed E-state index contributed by atoms with van der Waals surface area (Å²) >= 11 is 0. The van der Waals surface area contributed by atoms with E-state index >= 15 is 0 Å². The van der Waals surface area contributed by atoms with E-state index in [2.05, 4.69) is 5.32 Å². The highest BCUT2D eigenvalue weighted by atomic mass is 32.2. The van der Waals surface area contributed by atoms with E-state index in [4.69, 9.17) is 4.74 Å². The molecule has 1 aliphatic carbocycles. The van der Waals surface area contributed by atoms with E-state index in [1.54, 1.807) is 0 Å². The molecule has 0 unspecified atom stereocenters. The number of hydrogen-bond acceptors (Lipinski definition) is 5. The minimum absolute atomic E-state index is 0.128. The Bertz CT molecular complexity index is 703. The van der Waals surface area contributed by atoms with Crippen LogP contribution in [0.4, 0.5) is 4.39 Å². The molecular weight excluding hydrogens is 327 g/mol. The van der Waals surface area contributed by atoms with Gasteiger partial charge in [0.05, 0.1) is 0 Å². The minimum atomic E-state index is -4.18. The maximum absolute atomic E-state index is 13.5. The van der Waals surface area contributed by atoms with Crippen molar-refractivity contribution in [1.29, 1.82) is 0 Å². The van der Waals surface area contributed by atoms with Crippen molar-refractivity contribution in [3.05, 3.63) is 30.1 Å². The number of carbonyl (C=O) groups excluding carboxylic acids is 2. The zero-order chi connectivity index (χ0) is 17.0. The molecule has 0 radical (unpaired) electrons. The Morgan fingerprint density at radius 3 is 2.61 bits per heavy atom. The maximum Gasteiger partial charge on any atom is 0.321 e. The number of sulfonamides is 1. The van der Waals surface area contributed by atoms with Crippen molar-refractivity contribution in [2.24, 2.45) is 0 Å². The van der Waals surface area contributed by atoms with Gasteiger partial charge >= 0.3 is 5.97 Å². The summed E-state index contributed by atoms with van der Waals surface area (Å²) in [5.74, 6) is -2.29. The first-order valence-corrected chi connectivity index (χ1v) is 8.52. The summed E-state index contributed by atoms with van der Waals surface area (Å²) in [4.78, 5) is 22.7. The van der Waals surface area contributed by atoms with Gasteiger partial charge in [0.15, 0.2) is 6.10 Å². The molecule has 1 aliphatic rings. The molecule has 0 bridgehead atoms. The lowest BCUT2D eigenvalue weighted by molar-refractivity contribution is -0.153. The SMILES string of the molecule is C[C@H](OC(=O)CNS(=O)(=O)c1ccccc1F)C(=O)NC1CC1. The van der Waals surface area contributed by atoms with Gasteiger partial charge in [-0.3, -0.25) is 9.59 Å². The highest BCUT2D eigenvalue weighted by Crippen LogP contribution is 2.18. The fourth-order valence-corrected chi connectivity index (χ4v) is 2.78. The van der Waals surface area contributed by atoms with Crippen LogP contribution in [0.15, 0.2) is 29.2 Å². The van der Waals surface area contributed by atoms with Gasteiger partial charge in [0.25, 0.3) is 5.91 Å². The number of esters is 1. The average Bonchev–Trinajstić information content (AvgIpc) is 3.29. The minimum Gasteiger partial charge on any atom is -0.452 e. The van der Waals surface area contributed by atoms with E-state index in [-0.39, 0.29) is 6.04 Å². The summed E-state index contributed by atoms with van der Waals surface area (Å²) < 4.78 is 44.0. The molecule has 0 spiro atoms. The molecule has 0 heterocycles. The van der Waals surface area contributed by atoms with Crippen molar-refractivity contribution in [3.63, 3.8) is 0 Å². The molecule has 1 aromatic carbocycles. The van der Waals surface area contributed by atoms with Crippen molar-refractivity contribution >= 4 is 21.9 Å². The Kier molecular flexibility index (Phi) is 5.32. The summed E-state index contributed by atoms with van der Waals surface area (Å²) in [6, 6.07) is 4.91. The smallest absolute Gasteiger partial charge is 0.321 e. The second kappa shape index (κ2) is 7.05. The van der Waals surface area contributed by atoms with Crippen molar-refractivity contribution in [2.75, 3.05) is 6.54 Å². The summed E-state index contributed by atoms with van der Waals surface area (Å²) in [5, 5.41) is 2.66. The highest BCUT2D eigenvalue weighted by molar-refractivity contribution is 7.89. The first-order chi connectivity index (χ1) is 10.8. The Balaban J connectivity index is 1.85. The Labute approximate surface area is 133 Å². The molecule has 0 aliphatic heterocycles. The van der Waals surface area contributed by atoms with Crippen LogP contribution < -0.4 is 10.0 Å². The van der Waals surface area contributed by atoms with Crippen molar-refractivity contribution in [2.45, 2.75) is 36.8 Å². The van der Waals surface area contributed by atoms with Gasteiger partial charge in [-0.2, -0.15) is 4.72 Å². The molecular formula is C14H17FN2O5S. The molecule has 2 N–H and O–H groups in total. The predicted octanol–water partition coefficient (Wildman–Crippen LogP) is 0.314. The summed E-state index contributed by atoms with van der Waals surface area (Å²) in [6.07, 6.45) is 0.769. The lowest BCUT2D eigenvalue weighted by Crippen LogP contribution is -2.39. The summed E-state index contributed by atoms with van der Waals surface area (Å²) in [5.41, 5.74) is 0. The number of benzene rings is 1. The van der Waals surface area contributed by atoms with Gasteiger partial charge in [0, 0.05) is 6.04 Å². The zero-order valence-electron chi connectivity index (χ0n) is 12.4. The molecule has 0 saturated heterocycles. The number of ether oxygens (including phenoxy) is 1. The van der Waals surface area contributed by atoms with Crippen LogP contribution in [0.1, 0.15) is 19.8 Å². The van der Waals surface area contributed by atoms with Crippen LogP contribution in [0.5, 0.6) is 0 Å². The van der Waals surface area contributed by atoms with Gasteiger partial charge in [-0.15, -0.1) is 0 Å². The lowest BCUT2D eigenvalue weighted by Gasteiger charge is -2.13. The number of carbonyl (C=O) groups is 2. The van der Waals surface area contributed by atoms with E-state index < -0.39 is 45.3 Å². The normalized spacial score (nSPS) is 15.7. The van der Waals surface area contributed by atoms with Gasteiger partial charge in [-0.25, -0.2) is 12.8 Å². The first kappa shape index (κ1) is 17.4. The van der Waals surface area contributed by atoms with Gasteiger partial charge in [0.2, 0.25) is 10.0 Å². The molecule has 2 rings (SSSR count). The standard InChI is InChI=1S/C14H17FN2O5S/c1-9(14(19)17-10-6-7-10)22-13(18)8-16-23(20,21)12-5-3-2-4-11(12)15/h2-5,9-10,16H,6-8H2,1H3,(H,17,19)/t9-/m0/s1. The van der Waals surface area contributed by atoms with E-state index in [1.807, 2.05) is 4.72 Å². The largest absolute Gasteiger partial charge is 0.452 e. The second-order valence-electron chi connectivity index (χ2n) is 5.17. The monoisotopic (exact) mass is 344 g/mol. The molecule has 0 aromatic heterocycles. The van der Waals surface area contributed by atoms with Crippen LogP contribution in [0.3, 0.4) is 0 Å². The van der Waals surface area contributed by atoms with Gasteiger partial charge in [-0.1, -0.05) is 12.1 Å². The zero-order valence-corrected chi connectivity index (χ0v) is 13.2. The van der Waals surface area contributed by atoms with Gasteiger partial charge < -0.3 is 10.1 Å². The number of halogens is 1. The first-order valence-electron chi connectivity index (χ1n) is 7.03. The number of hydrogen-bond donors (Lipinski definition) is 2. The molecule has 9 heteroatoms. The van der Waals surface area contributed by atoms with Crippen molar-refractivity contribution in [3.8, 4) is 0 Å². The van der Waals surface area contributed by atoms with Gasteiger partial charge in [0.1, 0.15) is 17.3 Å². The molecule has 1 fully saturated rings. The third-order valence-electron chi connectivity index (χ3n) is 3.13. The van der Waals surface area contributed by atoms with Crippen LogP contribution in [-0.4, -0.2) is 39.0 Å². The molecule has 126 valence electrons. The van der Waals surface area contributed by atoms with Crippen LogP contribution in [0.2, 0.25) is 0 Å². The molecule has 23 heavy (non-hydrogen) atoms. The average molecular weight is 344 g/mol. The summed E-state index contributed by atoms with van der Waals surface area (Å²) in [7, 11) is -4.18. The van der Waals surface area contributed by atoms with E-state index in [0.29, 0.717) is 0 Å². The van der Waals surface area contributed by atoms with E-state index in [9.17, 15) is 22.4 Å². The topological polar surface area (TPSA) is 102 Å². The van der Waals surface area contributed by atoms with E-state index in [1.165, 1.54) is 19.1 Å². The molecule has 1 saturated carbocycles. The molecule has 1 amide bonds. The Morgan fingerprint density at radius 1 is 1.35 bits per heavy atom. The third kappa shape index (κ3) is 5.00. The lowest BCUT2D eigenvalue weighted by atomic mass is 10.3. The highest BCUT2D eigenvalue weighted by Gasteiger charge is 2.27. The van der Waals surface area contributed by atoms with Crippen LogP contribution in [-0.2, 0) is 24.3 Å². The third-order valence-corrected chi connectivity index (χ3v) is 4.57. The Hall–Kier alpha value is -2.00. The number of rotatable bonds is 7. The summed E-state index contributed by atoms with van der Waals surface area (Å²) in [6.45, 7) is 0.693. The number of amides is 1. The van der Waals surface area contributed by atoms with Crippen LogP contribution in [0.25, 0.3) is 0 Å². The Morgan fingerprint density at radius 2 is 2.00 bits per heavy atom. The fraction of sp³-hybridized carbons (Fsp3) is 0.429. The second-order valence-corrected chi connectivity index (χ2v) is 6.91. The molecule has 1 aromatic rings. The molecule has 1 atom stereocenters. The van der Waals surface area contributed by atoms with Crippen LogP contribution in [0, 0.1) is 5.82 Å². The van der Waals surface area contributed by atoms with E-state index in [0.717, 1.165) is 25.0 Å². The molecule has 7 nitrogen and oxygen atoms in total. The fourth-order valence-electron chi connectivity index (χ4n) is 1.73. The van der Waals surface area contributed by atoms with Crippen molar-refractivity contribution < 1.29 is 27.1 Å². The predicted molar refractivity (Wildman–Crippen MR) is 78.3 cm³/mol. The van der Waals surface area contributed by atoms with Crippen LogP contribution >= 0.6 is 0 Å². The van der Waals surface area contributed by atoms with Crippen molar-refractivity contribution in [1.82, 2.24) is 10.0 Å². The maximum atomic E-state index is 13.5.